The van der Waals surface area contributed by atoms with Crippen LogP contribution in [0, 0.1) is 17.8 Å². The molecule has 220 valence electrons. The van der Waals surface area contributed by atoms with Gasteiger partial charge in [-0.25, -0.2) is 13.1 Å². The third-order valence-corrected chi connectivity index (χ3v) is 12.0. The van der Waals surface area contributed by atoms with Gasteiger partial charge in [0, 0.05) is 41.4 Å². The summed E-state index contributed by atoms with van der Waals surface area (Å²) in [6, 6.07) is 11.3. The van der Waals surface area contributed by atoms with Crippen LogP contribution in [0.4, 0.5) is 5.69 Å². The summed E-state index contributed by atoms with van der Waals surface area (Å²) in [6.45, 7) is 5.51. The molecule has 6 rings (SSSR count). The van der Waals surface area contributed by atoms with Crippen molar-refractivity contribution in [2.24, 2.45) is 17.8 Å². The number of fused-ring (bicyclic) bond motifs is 4. The van der Waals surface area contributed by atoms with Crippen molar-refractivity contribution < 1.29 is 22.7 Å². The number of ketones is 1. The number of nitrogens with one attached hydrogen (secondary N) is 1. The average Bonchev–Trinajstić information content (AvgIpc) is 3.05. The first-order chi connectivity index (χ1) is 19.5. The largest absolute Gasteiger partial charge is 0.490 e. The Bertz CT molecular complexity index is 1480. The first-order valence-corrected chi connectivity index (χ1v) is 16.9. The highest BCUT2D eigenvalue weighted by molar-refractivity contribution is 7.90. The van der Waals surface area contributed by atoms with Gasteiger partial charge in [-0.05, 0) is 105 Å². The fourth-order valence-electron chi connectivity index (χ4n) is 7.31. The molecule has 0 radical (unpaired) electrons. The molecule has 0 unspecified atom stereocenters. The monoisotopic (exact) mass is 598 g/mol. The molecule has 1 N–H and O–H groups in total. The van der Waals surface area contributed by atoms with Crippen molar-refractivity contribution in [3.63, 3.8) is 0 Å². The van der Waals surface area contributed by atoms with E-state index in [1.54, 1.807) is 25.1 Å². The molecule has 0 saturated heterocycles. The number of aryl methyl sites for hydroxylation is 1. The van der Waals surface area contributed by atoms with Crippen LogP contribution in [0.3, 0.4) is 0 Å². The standard InChI is InChI=1S/C32H39ClN2O5S/c1-20-5-6-21(2)41(38,39)34-31(37)23-8-12-30-28(16-23)35(17-24-7-10-26(24)29(36)14-20)18-32(19-40-30)13-3-4-22-15-25(33)9-11-27(22)32/h8-9,11-12,15-16,20-21,24,26H,3-7,10,13-14,17-19H2,1-2H3,(H,34,37)/t20-,21+,24+,26-,32+/m1/s1. The predicted molar refractivity (Wildman–Crippen MR) is 160 cm³/mol. The molecular formula is C32H39ClN2O5S. The average molecular weight is 599 g/mol. The van der Waals surface area contributed by atoms with E-state index in [0.29, 0.717) is 44.7 Å². The highest BCUT2D eigenvalue weighted by atomic mass is 35.5. The molecule has 41 heavy (non-hydrogen) atoms. The van der Waals surface area contributed by atoms with Crippen molar-refractivity contribution in [2.45, 2.75) is 75.9 Å². The van der Waals surface area contributed by atoms with Crippen molar-refractivity contribution in [1.29, 1.82) is 0 Å². The second-order valence-corrected chi connectivity index (χ2v) is 15.4. The number of rotatable bonds is 0. The van der Waals surface area contributed by atoms with E-state index in [0.717, 1.165) is 42.8 Å². The Hall–Kier alpha value is -2.58. The maximum absolute atomic E-state index is 13.4. The number of carbonyl (C=O) groups is 2. The summed E-state index contributed by atoms with van der Waals surface area (Å²) in [5.74, 6) is 0.664. The van der Waals surface area contributed by atoms with Gasteiger partial charge in [0.25, 0.3) is 5.91 Å². The van der Waals surface area contributed by atoms with Crippen molar-refractivity contribution >= 4 is 39.0 Å². The number of amides is 1. The molecule has 7 nitrogen and oxygen atoms in total. The maximum atomic E-state index is 13.4. The van der Waals surface area contributed by atoms with Gasteiger partial charge in [-0.2, -0.15) is 0 Å². The molecule has 2 aromatic rings. The van der Waals surface area contributed by atoms with Gasteiger partial charge in [-0.1, -0.05) is 24.6 Å². The molecule has 2 aliphatic carbocycles. The minimum atomic E-state index is -3.87. The molecule has 2 bridgehead atoms. The van der Waals surface area contributed by atoms with Crippen LogP contribution in [0.25, 0.3) is 0 Å². The van der Waals surface area contributed by atoms with Crippen molar-refractivity contribution in [1.82, 2.24) is 4.72 Å². The maximum Gasteiger partial charge on any atom is 0.264 e. The molecule has 4 aliphatic rings. The van der Waals surface area contributed by atoms with Crippen LogP contribution in [0.2, 0.25) is 5.02 Å². The Morgan fingerprint density at radius 3 is 2.66 bits per heavy atom. The van der Waals surface area contributed by atoms with Crippen molar-refractivity contribution in [3.05, 3.63) is 58.1 Å². The molecule has 1 amide bonds. The van der Waals surface area contributed by atoms with Gasteiger partial charge in [0.15, 0.2) is 0 Å². The summed E-state index contributed by atoms with van der Waals surface area (Å²) in [5, 5.41) is -0.0117. The molecule has 2 aromatic carbocycles. The van der Waals surface area contributed by atoms with E-state index in [1.807, 2.05) is 13.0 Å². The number of nitrogens with zero attached hydrogens (tertiary/aromatic N) is 1. The quantitative estimate of drug-likeness (QED) is 0.420. The zero-order valence-corrected chi connectivity index (χ0v) is 25.4. The minimum absolute atomic E-state index is 0.0130. The molecule has 9 heteroatoms. The fourth-order valence-corrected chi connectivity index (χ4v) is 8.53. The number of carbonyl (C=O) groups excluding carboxylic acids is 2. The summed E-state index contributed by atoms with van der Waals surface area (Å²) in [4.78, 5) is 29.0. The predicted octanol–water partition coefficient (Wildman–Crippen LogP) is 5.68. The summed E-state index contributed by atoms with van der Waals surface area (Å²) in [5.41, 5.74) is 3.29. The van der Waals surface area contributed by atoms with Gasteiger partial charge in [-0.3, -0.25) is 9.59 Å². The van der Waals surface area contributed by atoms with Gasteiger partial charge in [0.2, 0.25) is 10.0 Å². The van der Waals surface area contributed by atoms with E-state index in [2.05, 4.69) is 21.8 Å². The lowest BCUT2D eigenvalue weighted by atomic mass is 9.68. The van der Waals surface area contributed by atoms with E-state index in [4.69, 9.17) is 16.3 Å². The first-order valence-electron chi connectivity index (χ1n) is 14.9. The number of anilines is 1. The van der Waals surface area contributed by atoms with E-state index < -0.39 is 21.2 Å². The normalized spacial score (nSPS) is 31.6. The van der Waals surface area contributed by atoms with Crippen LogP contribution >= 0.6 is 11.6 Å². The highest BCUT2D eigenvalue weighted by Crippen LogP contribution is 2.46. The number of halogens is 1. The molecule has 2 heterocycles. The number of Topliss-reactive ketones (excluding diaryl/α,β-unsaturated/α-hetero) is 1. The number of hydrogen-bond donors (Lipinski definition) is 1. The zero-order chi connectivity index (χ0) is 28.9. The van der Waals surface area contributed by atoms with Crippen molar-refractivity contribution in [2.75, 3.05) is 24.6 Å². The van der Waals surface area contributed by atoms with Crippen LogP contribution in [0.5, 0.6) is 5.75 Å². The molecule has 1 spiro atoms. The van der Waals surface area contributed by atoms with Crippen LogP contribution in [-0.2, 0) is 26.7 Å². The van der Waals surface area contributed by atoms with Gasteiger partial charge < -0.3 is 9.64 Å². The SMILES string of the molecule is C[C@@H]1CC[C@H](C)S(=O)(=O)NC(=O)c2ccc3c(c2)N(C[C@@H]2CC[C@H]2C(=O)C1)C[C@@]1(CCCc2cc(Cl)ccc21)CO3. The highest BCUT2D eigenvalue weighted by Gasteiger charge is 2.44. The van der Waals surface area contributed by atoms with E-state index in [9.17, 15) is 18.0 Å². The Morgan fingerprint density at radius 1 is 1.05 bits per heavy atom. The number of benzene rings is 2. The first kappa shape index (κ1) is 28.5. The molecule has 1 fully saturated rings. The van der Waals surface area contributed by atoms with Crippen LogP contribution in [0.1, 0.15) is 80.3 Å². The van der Waals surface area contributed by atoms with Gasteiger partial charge >= 0.3 is 0 Å². The zero-order valence-electron chi connectivity index (χ0n) is 23.8. The smallest absolute Gasteiger partial charge is 0.264 e. The molecule has 1 saturated carbocycles. The number of sulfonamides is 1. The summed E-state index contributed by atoms with van der Waals surface area (Å²) in [6.07, 6.45) is 6.31. The summed E-state index contributed by atoms with van der Waals surface area (Å²) in [7, 11) is -3.87. The second kappa shape index (κ2) is 10.9. The topological polar surface area (TPSA) is 92.8 Å². The van der Waals surface area contributed by atoms with Crippen molar-refractivity contribution in [3.8, 4) is 5.75 Å². The lowest BCUT2D eigenvalue weighted by Crippen LogP contribution is -2.49. The Balaban J connectivity index is 1.42. The Morgan fingerprint density at radius 2 is 1.88 bits per heavy atom. The minimum Gasteiger partial charge on any atom is -0.490 e. The van der Waals surface area contributed by atoms with Crippen LogP contribution in [-0.4, -0.2) is 45.1 Å². The Labute approximate surface area is 248 Å². The van der Waals surface area contributed by atoms with Gasteiger partial charge in [0.05, 0.1) is 17.5 Å². The van der Waals surface area contributed by atoms with E-state index in [-0.39, 0.29) is 34.5 Å². The van der Waals surface area contributed by atoms with Crippen LogP contribution in [0.15, 0.2) is 36.4 Å². The summed E-state index contributed by atoms with van der Waals surface area (Å²) < 4.78 is 34.9. The molecule has 5 atom stereocenters. The summed E-state index contributed by atoms with van der Waals surface area (Å²) >= 11 is 6.38. The third kappa shape index (κ3) is 5.50. The van der Waals surface area contributed by atoms with E-state index >= 15 is 0 Å². The molecular weight excluding hydrogens is 560 g/mol. The lowest BCUT2D eigenvalue weighted by molar-refractivity contribution is -0.128. The van der Waals surface area contributed by atoms with Crippen LogP contribution < -0.4 is 14.4 Å². The number of ether oxygens (including phenoxy) is 1. The van der Waals surface area contributed by atoms with Gasteiger partial charge in [0.1, 0.15) is 11.5 Å². The third-order valence-electron chi connectivity index (χ3n) is 9.97. The fraction of sp³-hybridized carbons (Fsp3) is 0.562. The lowest BCUT2D eigenvalue weighted by Gasteiger charge is -2.44. The molecule has 2 aliphatic heterocycles. The number of hydrogen-bond acceptors (Lipinski definition) is 6. The Kier molecular flexibility index (Phi) is 7.60. The second-order valence-electron chi connectivity index (χ2n) is 12.9. The molecule has 0 aromatic heterocycles. The van der Waals surface area contributed by atoms with Gasteiger partial charge in [-0.15, -0.1) is 0 Å². The van der Waals surface area contributed by atoms with E-state index in [1.165, 1.54) is 11.1 Å².